The summed E-state index contributed by atoms with van der Waals surface area (Å²) < 4.78 is 0.735. The van der Waals surface area contributed by atoms with Gasteiger partial charge in [0.25, 0.3) is 0 Å². The maximum absolute atomic E-state index is 9.24. The Morgan fingerprint density at radius 1 is 1.56 bits per heavy atom. The highest BCUT2D eigenvalue weighted by atomic mass is 79.9. The van der Waals surface area contributed by atoms with E-state index < -0.39 is 0 Å². The van der Waals surface area contributed by atoms with Crippen LogP contribution in [-0.4, -0.2) is 27.7 Å². The van der Waals surface area contributed by atoms with Gasteiger partial charge in [0, 0.05) is 6.20 Å². The number of nitrogens with one attached hydrogen (secondary N) is 1. The third-order valence-electron chi connectivity index (χ3n) is 2.03. The zero-order valence-electron chi connectivity index (χ0n) is 9.24. The smallest absolute Gasteiger partial charge is 0.224 e. The van der Waals surface area contributed by atoms with Crippen molar-refractivity contribution in [1.82, 2.24) is 9.97 Å². The molecule has 1 aromatic rings. The average Bonchev–Trinajstić information content (AvgIpc) is 2.21. The summed E-state index contributed by atoms with van der Waals surface area (Å²) in [5.41, 5.74) is 0. The number of aromatic nitrogens is 2. The van der Waals surface area contributed by atoms with Crippen LogP contribution < -0.4 is 5.32 Å². The third kappa shape index (κ3) is 4.23. The van der Waals surface area contributed by atoms with Crippen molar-refractivity contribution in [2.45, 2.75) is 26.3 Å². The van der Waals surface area contributed by atoms with Crippen LogP contribution in [0.3, 0.4) is 0 Å². The fourth-order valence-electron chi connectivity index (χ4n) is 1.39. The summed E-state index contributed by atoms with van der Waals surface area (Å²) in [5.74, 6) is 1.11. The van der Waals surface area contributed by atoms with Gasteiger partial charge in [-0.05, 0) is 39.9 Å². The quantitative estimate of drug-likeness (QED) is 0.821. The van der Waals surface area contributed by atoms with Crippen LogP contribution in [0.25, 0.3) is 0 Å². The van der Waals surface area contributed by atoms with E-state index in [0.717, 1.165) is 10.9 Å². The molecule has 0 amide bonds. The van der Waals surface area contributed by atoms with Crippen LogP contribution in [0, 0.1) is 5.92 Å². The van der Waals surface area contributed by atoms with E-state index in [4.69, 9.17) is 11.6 Å². The lowest BCUT2D eigenvalue weighted by molar-refractivity contribution is 0.259. The van der Waals surface area contributed by atoms with Crippen molar-refractivity contribution in [1.29, 1.82) is 0 Å². The van der Waals surface area contributed by atoms with Crippen LogP contribution >= 0.6 is 27.5 Å². The monoisotopic (exact) mass is 307 g/mol. The summed E-state index contributed by atoms with van der Waals surface area (Å²) in [5, 5.41) is 12.6. The minimum absolute atomic E-state index is 0.0257. The zero-order valence-corrected chi connectivity index (χ0v) is 11.6. The molecular formula is C10H15BrClN3O. The lowest BCUT2D eigenvalue weighted by atomic mass is 10.0. The van der Waals surface area contributed by atoms with Crippen LogP contribution in [0.2, 0.25) is 5.28 Å². The minimum atomic E-state index is -0.0257. The van der Waals surface area contributed by atoms with E-state index in [-0.39, 0.29) is 17.9 Å². The Kier molecular flexibility index (Phi) is 5.44. The number of aliphatic hydroxyl groups is 1. The molecule has 16 heavy (non-hydrogen) atoms. The molecular weight excluding hydrogens is 293 g/mol. The van der Waals surface area contributed by atoms with Crippen molar-refractivity contribution in [2.24, 2.45) is 5.92 Å². The van der Waals surface area contributed by atoms with Crippen LogP contribution in [0.15, 0.2) is 10.7 Å². The second-order valence-electron chi connectivity index (χ2n) is 3.99. The van der Waals surface area contributed by atoms with Gasteiger partial charge in [-0.2, -0.15) is 4.98 Å². The lowest BCUT2D eigenvalue weighted by Gasteiger charge is -2.19. The maximum atomic E-state index is 9.24. The summed E-state index contributed by atoms with van der Waals surface area (Å²) in [6, 6.07) is -0.0257. The first-order valence-electron chi connectivity index (χ1n) is 5.08. The SMILES string of the molecule is CC(C)C[C@@H](CO)Nc1nc(Cl)ncc1Br. The number of nitrogens with zero attached hydrogens (tertiary/aromatic N) is 2. The molecule has 0 saturated carbocycles. The lowest BCUT2D eigenvalue weighted by Crippen LogP contribution is -2.26. The second-order valence-corrected chi connectivity index (χ2v) is 5.18. The molecule has 0 bridgehead atoms. The van der Waals surface area contributed by atoms with Crippen molar-refractivity contribution in [3.63, 3.8) is 0 Å². The molecule has 4 nitrogen and oxygen atoms in total. The van der Waals surface area contributed by atoms with Gasteiger partial charge >= 0.3 is 0 Å². The molecule has 6 heteroatoms. The van der Waals surface area contributed by atoms with Crippen LogP contribution in [0.5, 0.6) is 0 Å². The molecule has 0 unspecified atom stereocenters. The van der Waals surface area contributed by atoms with Crippen molar-refractivity contribution < 1.29 is 5.11 Å². The van der Waals surface area contributed by atoms with Gasteiger partial charge in [0.05, 0.1) is 17.1 Å². The number of rotatable bonds is 5. The third-order valence-corrected chi connectivity index (χ3v) is 2.79. The molecule has 90 valence electrons. The summed E-state index contributed by atoms with van der Waals surface area (Å²) in [6.07, 6.45) is 2.45. The normalized spacial score (nSPS) is 12.9. The van der Waals surface area contributed by atoms with Crippen LogP contribution in [0.1, 0.15) is 20.3 Å². The van der Waals surface area contributed by atoms with Gasteiger partial charge in [0.15, 0.2) is 0 Å². The van der Waals surface area contributed by atoms with E-state index in [1.807, 2.05) is 0 Å². The van der Waals surface area contributed by atoms with E-state index in [2.05, 4.69) is 45.1 Å². The van der Waals surface area contributed by atoms with E-state index in [0.29, 0.717) is 11.7 Å². The largest absolute Gasteiger partial charge is 0.394 e. The molecule has 0 saturated heterocycles. The molecule has 1 rings (SSSR count). The molecule has 0 radical (unpaired) electrons. The highest BCUT2D eigenvalue weighted by Crippen LogP contribution is 2.22. The fourth-order valence-corrected chi connectivity index (χ4v) is 1.83. The maximum Gasteiger partial charge on any atom is 0.224 e. The highest BCUT2D eigenvalue weighted by molar-refractivity contribution is 9.10. The van der Waals surface area contributed by atoms with Gasteiger partial charge in [-0.25, -0.2) is 4.98 Å². The molecule has 1 aromatic heterocycles. The second kappa shape index (κ2) is 6.37. The zero-order chi connectivity index (χ0) is 12.1. The van der Waals surface area contributed by atoms with Gasteiger partial charge in [-0.1, -0.05) is 13.8 Å². The molecule has 0 aromatic carbocycles. The van der Waals surface area contributed by atoms with Crippen molar-refractivity contribution >= 4 is 33.3 Å². The summed E-state index contributed by atoms with van der Waals surface area (Å²) >= 11 is 9.03. The summed E-state index contributed by atoms with van der Waals surface area (Å²) in [7, 11) is 0. The number of anilines is 1. The Labute approximate surface area is 109 Å². The number of hydrogen-bond acceptors (Lipinski definition) is 4. The Hall–Kier alpha value is -0.390. The molecule has 0 aliphatic carbocycles. The minimum Gasteiger partial charge on any atom is -0.394 e. The van der Waals surface area contributed by atoms with Gasteiger partial charge in [-0.3, -0.25) is 0 Å². The molecule has 1 heterocycles. The summed E-state index contributed by atoms with van der Waals surface area (Å²) in [4.78, 5) is 7.89. The van der Waals surface area contributed by atoms with Gasteiger partial charge < -0.3 is 10.4 Å². The van der Waals surface area contributed by atoms with Crippen molar-refractivity contribution in [3.05, 3.63) is 16.0 Å². The van der Waals surface area contributed by atoms with E-state index in [1.165, 1.54) is 0 Å². The molecule has 0 fully saturated rings. The number of hydrogen-bond donors (Lipinski definition) is 2. The van der Waals surface area contributed by atoms with Gasteiger partial charge in [0.2, 0.25) is 5.28 Å². The topological polar surface area (TPSA) is 58.0 Å². The highest BCUT2D eigenvalue weighted by Gasteiger charge is 2.12. The number of halogens is 2. The predicted molar refractivity (Wildman–Crippen MR) is 68.7 cm³/mol. The Balaban J connectivity index is 2.73. The van der Waals surface area contributed by atoms with E-state index in [1.54, 1.807) is 6.20 Å². The molecule has 2 N–H and O–H groups in total. The first-order chi connectivity index (χ1) is 7.52. The van der Waals surface area contributed by atoms with E-state index >= 15 is 0 Å². The fraction of sp³-hybridized carbons (Fsp3) is 0.600. The summed E-state index contributed by atoms with van der Waals surface area (Å²) in [6.45, 7) is 4.27. The van der Waals surface area contributed by atoms with Crippen LogP contribution in [-0.2, 0) is 0 Å². The van der Waals surface area contributed by atoms with E-state index in [9.17, 15) is 5.11 Å². The predicted octanol–water partition coefficient (Wildman–Crippen LogP) is 2.71. The first-order valence-corrected chi connectivity index (χ1v) is 6.25. The molecule has 0 aliphatic rings. The Bertz CT molecular complexity index is 349. The Morgan fingerprint density at radius 2 is 2.25 bits per heavy atom. The molecule has 0 spiro atoms. The first kappa shape index (κ1) is 13.7. The average molecular weight is 309 g/mol. The Morgan fingerprint density at radius 3 is 2.81 bits per heavy atom. The van der Waals surface area contributed by atoms with Gasteiger partial charge in [-0.15, -0.1) is 0 Å². The molecule has 1 atom stereocenters. The van der Waals surface area contributed by atoms with Crippen molar-refractivity contribution in [3.8, 4) is 0 Å². The number of aliphatic hydroxyl groups excluding tert-OH is 1. The van der Waals surface area contributed by atoms with Crippen molar-refractivity contribution in [2.75, 3.05) is 11.9 Å². The standard InChI is InChI=1S/C10H15BrClN3O/c1-6(2)3-7(5-16)14-9-8(11)4-13-10(12)15-9/h4,6-7,16H,3,5H2,1-2H3,(H,13,14,15)/t7-/m0/s1. The molecule has 0 aliphatic heterocycles. The van der Waals surface area contributed by atoms with Crippen LogP contribution in [0.4, 0.5) is 5.82 Å². The van der Waals surface area contributed by atoms with Gasteiger partial charge in [0.1, 0.15) is 5.82 Å².